The third-order valence-corrected chi connectivity index (χ3v) is 2.53. The summed E-state index contributed by atoms with van der Waals surface area (Å²) in [6.45, 7) is 2.76. The second kappa shape index (κ2) is 6.10. The smallest absolute Gasteiger partial charge is 0.304 e. The molecule has 2 rings (SSSR count). The second-order valence-corrected chi connectivity index (χ2v) is 4.21. The Morgan fingerprint density at radius 3 is 3.05 bits per heavy atom. The number of aryl methyl sites for hydroxylation is 1. The Labute approximate surface area is 110 Å². The van der Waals surface area contributed by atoms with E-state index in [1.807, 2.05) is 31.2 Å². The number of carbonyl (C=O) groups is 1. The molecule has 0 spiro atoms. The summed E-state index contributed by atoms with van der Waals surface area (Å²) in [5.74, 6) is 0.154. The van der Waals surface area contributed by atoms with Crippen molar-refractivity contribution in [2.75, 3.05) is 6.54 Å². The van der Waals surface area contributed by atoms with Crippen LogP contribution >= 0.6 is 0 Å². The summed E-state index contributed by atoms with van der Waals surface area (Å²) < 4.78 is 5.17. The summed E-state index contributed by atoms with van der Waals surface area (Å²) in [5, 5.41) is 15.3. The van der Waals surface area contributed by atoms with Gasteiger partial charge in [0.1, 0.15) is 0 Å². The van der Waals surface area contributed by atoms with E-state index in [0.29, 0.717) is 24.8 Å². The normalized spacial score (nSPS) is 10.6. The molecule has 0 saturated heterocycles. The highest BCUT2D eigenvalue weighted by Crippen LogP contribution is 2.17. The van der Waals surface area contributed by atoms with Gasteiger partial charge in [-0.1, -0.05) is 22.9 Å². The zero-order valence-corrected chi connectivity index (χ0v) is 10.6. The number of rotatable bonds is 6. The van der Waals surface area contributed by atoms with E-state index in [1.165, 1.54) is 0 Å². The van der Waals surface area contributed by atoms with Crippen molar-refractivity contribution in [2.45, 2.75) is 19.9 Å². The number of benzene rings is 1. The van der Waals surface area contributed by atoms with E-state index in [-0.39, 0.29) is 6.42 Å². The minimum atomic E-state index is -0.832. The van der Waals surface area contributed by atoms with Crippen LogP contribution in [-0.2, 0) is 11.3 Å². The molecule has 1 aromatic heterocycles. The van der Waals surface area contributed by atoms with Crippen molar-refractivity contribution in [3.05, 3.63) is 35.7 Å². The van der Waals surface area contributed by atoms with Crippen molar-refractivity contribution in [2.24, 2.45) is 0 Å². The standard InChI is InChI=1S/C13H15N3O3/c1-9-3-2-4-10(7-9)13-15-11(16-19-13)8-14-6-5-12(17)18/h2-4,7,14H,5-6,8H2,1H3,(H,17,18). The molecule has 2 N–H and O–H groups in total. The van der Waals surface area contributed by atoms with Crippen molar-refractivity contribution in [3.63, 3.8) is 0 Å². The first-order valence-corrected chi connectivity index (χ1v) is 5.97. The minimum Gasteiger partial charge on any atom is -0.481 e. The molecule has 0 aliphatic carbocycles. The molecule has 0 saturated carbocycles. The van der Waals surface area contributed by atoms with Crippen molar-refractivity contribution >= 4 is 5.97 Å². The minimum absolute atomic E-state index is 0.0720. The molecule has 0 fully saturated rings. The Balaban J connectivity index is 1.94. The van der Waals surface area contributed by atoms with Gasteiger partial charge in [0, 0.05) is 12.1 Å². The second-order valence-electron chi connectivity index (χ2n) is 4.21. The third-order valence-electron chi connectivity index (χ3n) is 2.53. The summed E-state index contributed by atoms with van der Waals surface area (Å²) in [6.07, 6.45) is 0.0720. The van der Waals surface area contributed by atoms with Gasteiger partial charge in [-0.05, 0) is 19.1 Å². The number of hydrogen-bond acceptors (Lipinski definition) is 5. The lowest BCUT2D eigenvalue weighted by atomic mass is 10.1. The SMILES string of the molecule is Cc1cccc(-c2nc(CNCCC(=O)O)no2)c1. The topological polar surface area (TPSA) is 88.2 Å². The Hall–Kier alpha value is -2.21. The van der Waals surface area contributed by atoms with Gasteiger partial charge in [-0.3, -0.25) is 4.79 Å². The monoisotopic (exact) mass is 261 g/mol. The fourth-order valence-electron chi connectivity index (χ4n) is 1.62. The molecule has 1 heterocycles. The van der Waals surface area contributed by atoms with Crippen molar-refractivity contribution < 1.29 is 14.4 Å². The zero-order valence-electron chi connectivity index (χ0n) is 10.6. The van der Waals surface area contributed by atoms with Crippen LogP contribution in [0, 0.1) is 6.92 Å². The number of carboxylic acid groups (broad SMARTS) is 1. The summed E-state index contributed by atoms with van der Waals surface area (Å²) in [7, 11) is 0. The fraction of sp³-hybridized carbons (Fsp3) is 0.308. The van der Waals surface area contributed by atoms with Gasteiger partial charge in [0.2, 0.25) is 0 Å². The highest BCUT2D eigenvalue weighted by atomic mass is 16.5. The van der Waals surface area contributed by atoms with Gasteiger partial charge >= 0.3 is 5.97 Å². The van der Waals surface area contributed by atoms with Crippen molar-refractivity contribution in [3.8, 4) is 11.5 Å². The van der Waals surface area contributed by atoms with E-state index >= 15 is 0 Å². The maximum Gasteiger partial charge on any atom is 0.304 e. The Bertz CT molecular complexity index is 566. The predicted molar refractivity (Wildman–Crippen MR) is 68.4 cm³/mol. The van der Waals surface area contributed by atoms with Crippen LogP contribution < -0.4 is 5.32 Å². The number of aromatic nitrogens is 2. The Morgan fingerprint density at radius 1 is 1.47 bits per heavy atom. The molecule has 6 nitrogen and oxygen atoms in total. The molecule has 0 unspecified atom stereocenters. The van der Waals surface area contributed by atoms with E-state index in [1.54, 1.807) is 0 Å². The molecule has 6 heteroatoms. The van der Waals surface area contributed by atoms with Crippen LogP contribution in [0.25, 0.3) is 11.5 Å². The van der Waals surface area contributed by atoms with Crippen molar-refractivity contribution in [1.29, 1.82) is 0 Å². The van der Waals surface area contributed by atoms with E-state index in [9.17, 15) is 4.79 Å². The molecule has 0 amide bonds. The van der Waals surface area contributed by atoms with Gasteiger partial charge in [-0.15, -0.1) is 0 Å². The van der Waals surface area contributed by atoms with Crippen LogP contribution in [0.4, 0.5) is 0 Å². The Kier molecular flexibility index (Phi) is 4.25. The molecular weight excluding hydrogens is 246 g/mol. The molecule has 1 aromatic carbocycles. The van der Waals surface area contributed by atoms with Gasteiger partial charge < -0.3 is 14.9 Å². The van der Waals surface area contributed by atoms with E-state index in [4.69, 9.17) is 9.63 Å². The van der Waals surface area contributed by atoms with Gasteiger partial charge in [0.25, 0.3) is 5.89 Å². The first-order chi connectivity index (χ1) is 9.15. The maximum atomic E-state index is 10.3. The number of nitrogens with one attached hydrogen (secondary N) is 1. The lowest BCUT2D eigenvalue weighted by molar-refractivity contribution is -0.136. The average molecular weight is 261 g/mol. The van der Waals surface area contributed by atoms with E-state index < -0.39 is 5.97 Å². The molecule has 0 aliphatic rings. The van der Waals surface area contributed by atoms with Crippen LogP contribution in [0.2, 0.25) is 0 Å². The Morgan fingerprint density at radius 2 is 2.32 bits per heavy atom. The van der Waals surface area contributed by atoms with Crippen molar-refractivity contribution in [1.82, 2.24) is 15.5 Å². The number of nitrogens with zero attached hydrogens (tertiary/aromatic N) is 2. The van der Waals surface area contributed by atoms with Crippen LogP contribution in [0.3, 0.4) is 0 Å². The van der Waals surface area contributed by atoms with Crippen LogP contribution in [-0.4, -0.2) is 27.8 Å². The maximum absolute atomic E-state index is 10.3. The van der Waals surface area contributed by atoms with E-state index in [2.05, 4.69) is 15.5 Å². The molecule has 0 bridgehead atoms. The van der Waals surface area contributed by atoms with Crippen LogP contribution in [0.15, 0.2) is 28.8 Å². The molecule has 0 aliphatic heterocycles. The van der Waals surface area contributed by atoms with Gasteiger partial charge in [0.15, 0.2) is 5.82 Å². The van der Waals surface area contributed by atoms with Crippen LogP contribution in [0.1, 0.15) is 17.8 Å². The summed E-state index contributed by atoms with van der Waals surface area (Å²) in [4.78, 5) is 14.6. The van der Waals surface area contributed by atoms with Gasteiger partial charge in [-0.25, -0.2) is 0 Å². The first-order valence-electron chi connectivity index (χ1n) is 5.97. The van der Waals surface area contributed by atoms with E-state index in [0.717, 1.165) is 11.1 Å². The molecule has 2 aromatic rings. The lowest BCUT2D eigenvalue weighted by Crippen LogP contribution is -2.18. The number of aliphatic carboxylic acids is 1. The predicted octanol–water partition coefficient (Wildman–Crippen LogP) is 1.61. The molecule has 19 heavy (non-hydrogen) atoms. The van der Waals surface area contributed by atoms with Gasteiger partial charge in [0.05, 0.1) is 13.0 Å². The van der Waals surface area contributed by atoms with Gasteiger partial charge in [-0.2, -0.15) is 4.98 Å². The largest absolute Gasteiger partial charge is 0.481 e. The number of carboxylic acids is 1. The highest BCUT2D eigenvalue weighted by Gasteiger charge is 2.08. The molecule has 0 atom stereocenters. The molecule has 100 valence electrons. The first kappa shape index (κ1) is 13.2. The van der Waals surface area contributed by atoms with Crippen LogP contribution in [0.5, 0.6) is 0 Å². The molecular formula is C13H15N3O3. The highest BCUT2D eigenvalue weighted by molar-refractivity contribution is 5.66. The summed E-state index contributed by atoms with van der Waals surface area (Å²) >= 11 is 0. The summed E-state index contributed by atoms with van der Waals surface area (Å²) in [6, 6.07) is 7.80. The fourth-order valence-corrected chi connectivity index (χ4v) is 1.62. The number of hydrogen-bond donors (Lipinski definition) is 2. The average Bonchev–Trinajstić information content (AvgIpc) is 2.83. The summed E-state index contributed by atoms with van der Waals surface area (Å²) in [5.41, 5.74) is 2.00. The third kappa shape index (κ3) is 3.89. The quantitative estimate of drug-likeness (QED) is 0.768. The molecule has 0 radical (unpaired) electrons. The lowest BCUT2D eigenvalue weighted by Gasteiger charge is -1.97. The zero-order chi connectivity index (χ0) is 13.7.